The van der Waals surface area contributed by atoms with Crippen molar-refractivity contribution < 1.29 is 27.6 Å². The van der Waals surface area contributed by atoms with Gasteiger partial charge in [0, 0.05) is 13.1 Å². The maximum absolute atomic E-state index is 11.4. The van der Waals surface area contributed by atoms with Crippen molar-refractivity contribution in [2.24, 2.45) is 0 Å². The second-order valence-corrected chi connectivity index (χ2v) is 8.65. The second-order valence-electron chi connectivity index (χ2n) is 6.90. The van der Waals surface area contributed by atoms with Crippen LogP contribution in [-0.4, -0.2) is 65.5 Å². The smallest absolute Gasteiger partial charge is 0.297 e. The molecule has 10 nitrogen and oxygen atoms in total. The van der Waals surface area contributed by atoms with Crippen LogP contribution in [0.3, 0.4) is 0 Å². The van der Waals surface area contributed by atoms with Crippen molar-refractivity contribution in [1.29, 1.82) is 0 Å². The van der Waals surface area contributed by atoms with E-state index in [1.807, 2.05) is 25.2 Å². The molecular weight excluding hydrogens is 462 g/mol. The van der Waals surface area contributed by atoms with E-state index >= 15 is 0 Å². The van der Waals surface area contributed by atoms with Crippen molar-refractivity contribution in [3.8, 4) is 17.2 Å². The van der Waals surface area contributed by atoms with E-state index in [-0.39, 0.29) is 23.8 Å². The monoisotopic (exact) mass is 489 g/mol. The quantitative estimate of drug-likeness (QED) is 0.357. The lowest BCUT2D eigenvalue weighted by molar-refractivity contribution is -0.384. The van der Waals surface area contributed by atoms with Gasteiger partial charge in [0.2, 0.25) is 10.0 Å². The molecule has 0 fully saturated rings. The zero-order chi connectivity index (χ0) is 23.0. The molecular formula is C20H28ClN3O7S. The Bertz CT molecular complexity index is 1020. The molecule has 0 unspecified atom stereocenters. The summed E-state index contributed by atoms with van der Waals surface area (Å²) in [6.45, 7) is 1.69. The molecule has 0 aromatic heterocycles. The maximum atomic E-state index is 11.4. The molecule has 2 rings (SSSR count). The zero-order valence-corrected chi connectivity index (χ0v) is 20.0. The highest BCUT2D eigenvalue weighted by molar-refractivity contribution is 7.92. The van der Waals surface area contributed by atoms with Crippen LogP contribution in [0.15, 0.2) is 36.4 Å². The van der Waals surface area contributed by atoms with Crippen LogP contribution in [0.4, 0.5) is 11.4 Å². The van der Waals surface area contributed by atoms with Crippen molar-refractivity contribution in [3.05, 3.63) is 52.1 Å². The minimum Gasteiger partial charge on any atom is -0.493 e. The number of halogens is 1. The molecule has 2 aromatic carbocycles. The Hall–Kier alpha value is -2.76. The van der Waals surface area contributed by atoms with Crippen molar-refractivity contribution in [2.75, 3.05) is 51.9 Å². The summed E-state index contributed by atoms with van der Waals surface area (Å²) in [5, 5.41) is 11.2. The van der Waals surface area contributed by atoms with Crippen LogP contribution in [0, 0.1) is 10.1 Å². The molecule has 2 aromatic rings. The van der Waals surface area contributed by atoms with E-state index in [0.29, 0.717) is 30.4 Å². The Morgan fingerprint density at radius 3 is 2.34 bits per heavy atom. The first-order chi connectivity index (χ1) is 14.6. The van der Waals surface area contributed by atoms with E-state index in [1.54, 1.807) is 14.2 Å². The number of hydrogen-bond donors (Lipinski definition) is 1. The fourth-order valence-electron chi connectivity index (χ4n) is 2.83. The molecule has 0 amide bonds. The Morgan fingerprint density at radius 1 is 1.06 bits per heavy atom. The summed E-state index contributed by atoms with van der Waals surface area (Å²) >= 11 is 0. The normalized spacial score (nSPS) is 10.9. The van der Waals surface area contributed by atoms with Crippen LogP contribution in [0.25, 0.3) is 0 Å². The number of nitro benzene ring substituents is 1. The third-order valence-corrected chi connectivity index (χ3v) is 5.02. The highest BCUT2D eigenvalue weighted by Crippen LogP contribution is 2.30. The topological polar surface area (TPSA) is 120 Å². The third kappa shape index (κ3) is 8.40. The number of nitrogens with zero attached hydrogens (tertiary/aromatic N) is 2. The molecule has 178 valence electrons. The number of benzene rings is 2. The highest BCUT2D eigenvalue weighted by Gasteiger charge is 2.18. The van der Waals surface area contributed by atoms with E-state index in [9.17, 15) is 18.5 Å². The van der Waals surface area contributed by atoms with Gasteiger partial charge in [-0.2, -0.15) is 0 Å². The Morgan fingerprint density at radius 2 is 1.75 bits per heavy atom. The average Bonchev–Trinajstić information content (AvgIpc) is 2.71. The van der Waals surface area contributed by atoms with Crippen LogP contribution >= 0.6 is 12.4 Å². The molecule has 0 heterocycles. The molecule has 1 N–H and O–H groups in total. The average molecular weight is 490 g/mol. The van der Waals surface area contributed by atoms with Crippen LogP contribution in [0.5, 0.6) is 17.2 Å². The summed E-state index contributed by atoms with van der Waals surface area (Å²) < 4.78 is 41.0. The number of sulfonamides is 1. The lowest BCUT2D eigenvalue weighted by Gasteiger charge is -2.17. The van der Waals surface area contributed by atoms with Gasteiger partial charge in [-0.3, -0.25) is 14.8 Å². The molecule has 0 atom stereocenters. The first-order valence-corrected chi connectivity index (χ1v) is 11.3. The largest absolute Gasteiger partial charge is 0.493 e. The van der Waals surface area contributed by atoms with E-state index in [2.05, 4.69) is 9.62 Å². The van der Waals surface area contributed by atoms with Crippen LogP contribution in [0.2, 0.25) is 0 Å². The fraction of sp³-hybridized carbons (Fsp3) is 0.400. The Kier molecular flexibility index (Phi) is 10.5. The van der Waals surface area contributed by atoms with Gasteiger partial charge in [-0.05, 0) is 43.3 Å². The van der Waals surface area contributed by atoms with Gasteiger partial charge in [0.15, 0.2) is 11.5 Å². The molecule has 0 bridgehead atoms. The molecule has 0 aliphatic rings. The number of anilines is 1. The lowest BCUT2D eigenvalue weighted by atomic mass is 10.1. The van der Waals surface area contributed by atoms with Crippen molar-refractivity contribution in [2.45, 2.75) is 6.42 Å². The van der Waals surface area contributed by atoms with Gasteiger partial charge in [0.05, 0.1) is 31.5 Å². The maximum Gasteiger partial charge on any atom is 0.297 e. The molecule has 32 heavy (non-hydrogen) atoms. The molecule has 0 aliphatic heterocycles. The molecule has 0 radical (unpaired) electrons. The van der Waals surface area contributed by atoms with E-state index < -0.39 is 14.9 Å². The number of methoxy groups -OCH3 is 2. The molecule has 0 spiro atoms. The first kappa shape index (κ1) is 27.3. The van der Waals surface area contributed by atoms with Gasteiger partial charge in [-0.1, -0.05) is 6.07 Å². The van der Waals surface area contributed by atoms with Gasteiger partial charge in [-0.15, -0.1) is 12.4 Å². The standard InChI is InChI=1S/C20H27N3O7S.ClH/c1-22(10-9-15-5-8-19(28-2)20(13-15)29-3)11-12-30-16-6-7-17(21-31(4,26)27)18(14-16)23(24)25;/h5-8,13-14,21H,9-12H2,1-4H3;1H. The van der Waals surface area contributed by atoms with E-state index in [1.165, 1.54) is 18.2 Å². The van der Waals surface area contributed by atoms with Crippen molar-refractivity contribution in [1.82, 2.24) is 4.90 Å². The predicted octanol–water partition coefficient (Wildman–Crippen LogP) is 2.96. The lowest BCUT2D eigenvalue weighted by Crippen LogP contribution is -2.26. The first-order valence-electron chi connectivity index (χ1n) is 9.41. The highest BCUT2D eigenvalue weighted by atomic mass is 35.5. The Balaban J connectivity index is 0.00000512. The SMILES string of the molecule is COc1ccc(CCN(C)CCOc2ccc(NS(C)(=O)=O)c([N+](=O)[O-])c2)cc1OC.Cl. The summed E-state index contributed by atoms with van der Waals surface area (Å²) in [5.41, 5.74) is 0.631. The summed E-state index contributed by atoms with van der Waals surface area (Å²) in [5.74, 6) is 1.65. The minimum atomic E-state index is -3.63. The molecule has 0 saturated heterocycles. The van der Waals surface area contributed by atoms with Crippen LogP contribution in [0.1, 0.15) is 5.56 Å². The van der Waals surface area contributed by atoms with Crippen molar-refractivity contribution in [3.63, 3.8) is 0 Å². The van der Waals surface area contributed by atoms with Gasteiger partial charge < -0.3 is 19.1 Å². The predicted molar refractivity (Wildman–Crippen MR) is 125 cm³/mol. The van der Waals surface area contributed by atoms with Gasteiger partial charge in [0.1, 0.15) is 18.0 Å². The summed E-state index contributed by atoms with van der Waals surface area (Å²) in [6.07, 6.45) is 1.73. The number of nitro groups is 1. The van der Waals surface area contributed by atoms with Crippen molar-refractivity contribution >= 4 is 33.8 Å². The number of hydrogen-bond acceptors (Lipinski definition) is 8. The summed E-state index contributed by atoms with van der Waals surface area (Å²) in [6, 6.07) is 9.80. The summed E-state index contributed by atoms with van der Waals surface area (Å²) in [4.78, 5) is 12.7. The number of likely N-dealkylation sites (N-methyl/N-ethyl adjacent to an activating group) is 1. The van der Waals surface area contributed by atoms with Gasteiger partial charge in [0.25, 0.3) is 5.69 Å². The fourth-order valence-corrected chi connectivity index (χ4v) is 3.40. The number of rotatable bonds is 12. The second kappa shape index (κ2) is 12.3. The molecule has 12 heteroatoms. The molecule has 0 saturated carbocycles. The third-order valence-electron chi connectivity index (χ3n) is 4.43. The zero-order valence-electron chi connectivity index (χ0n) is 18.4. The number of ether oxygens (including phenoxy) is 3. The van der Waals surface area contributed by atoms with Gasteiger partial charge in [-0.25, -0.2) is 8.42 Å². The molecule has 0 aliphatic carbocycles. The van der Waals surface area contributed by atoms with E-state index in [0.717, 1.165) is 24.8 Å². The summed E-state index contributed by atoms with van der Waals surface area (Å²) in [7, 11) is 1.51. The minimum absolute atomic E-state index is 0. The Labute approximate surface area is 194 Å². The van der Waals surface area contributed by atoms with E-state index in [4.69, 9.17) is 14.2 Å². The number of nitrogens with one attached hydrogen (secondary N) is 1. The van der Waals surface area contributed by atoms with Crippen LogP contribution in [-0.2, 0) is 16.4 Å². The van der Waals surface area contributed by atoms with Crippen LogP contribution < -0.4 is 18.9 Å². The van der Waals surface area contributed by atoms with Gasteiger partial charge >= 0.3 is 0 Å².